The number of benzene rings is 1. The van der Waals surface area contributed by atoms with Crippen molar-refractivity contribution in [2.24, 2.45) is 0 Å². The molecule has 16 heavy (non-hydrogen) atoms. The minimum Gasteiger partial charge on any atom is -0.395 e. The Bertz CT molecular complexity index is 325. The lowest BCUT2D eigenvalue weighted by molar-refractivity contribution is 0.0936. The van der Waals surface area contributed by atoms with Crippen LogP contribution in [0.3, 0.4) is 0 Å². The number of nitrogens with one attached hydrogen (secondary N) is 1. The first-order valence-electron chi connectivity index (χ1n) is 5.18. The van der Waals surface area contributed by atoms with Gasteiger partial charge in [0.2, 0.25) is 0 Å². The molecule has 1 amide bonds. The minimum absolute atomic E-state index is 0.0349. The summed E-state index contributed by atoms with van der Waals surface area (Å²) in [6.07, 6.45) is 1.92. The quantitative estimate of drug-likeness (QED) is 0.819. The highest BCUT2D eigenvalue weighted by molar-refractivity contribution is 7.99. The first-order valence-corrected chi connectivity index (χ1v) is 6.47. The molecule has 2 unspecified atom stereocenters. The minimum atomic E-state index is -0.0967. The molecule has 0 radical (unpaired) electrons. The van der Waals surface area contributed by atoms with E-state index in [0.29, 0.717) is 5.56 Å². The van der Waals surface area contributed by atoms with E-state index >= 15 is 0 Å². The average molecular weight is 239 g/mol. The molecule has 0 aliphatic heterocycles. The number of aliphatic hydroxyl groups is 1. The van der Waals surface area contributed by atoms with Crippen molar-refractivity contribution in [2.75, 3.05) is 12.9 Å². The molecule has 0 bridgehead atoms. The van der Waals surface area contributed by atoms with E-state index in [1.54, 1.807) is 23.9 Å². The zero-order valence-electron chi connectivity index (χ0n) is 9.51. The predicted octanol–water partition coefficient (Wildman–Crippen LogP) is 1.53. The summed E-state index contributed by atoms with van der Waals surface area (Å²) >= 11 is 1.55. The molecular weight excluding hydrogens is 222 g/mol. The van der Waals surface area contributed by atoms with Gasteiger partial charge in [0, 0.05) is 16.9 Å². The Hall–Kier alpha value is -1.00. The van der Waals surface area contributed by atoms with Crippen LogP contribution in [0, 0.1) is 0 Å². The summed E-state index contributed by atoms with van der Waals surface area (Å²) in [6.45, 7) is 1.97. The van der Waals surface area contributed by atoms with Crippen LogP contribution < -0.4 is 5.32 Å². The van der Waals surface area contributed by atoms with Gasteiger partial charge in [-0.2, -0.15) is 11.8 Å². The molecule has 0 heterocycles. The van der Waals surface area contributed by atoms with Crippen molar-refractivity contribution in [1.29, 1.82) is 0 Å². The normalized spacial score (nSPS) is 14.2. The highest BCUT2D eigenvalue weighted by Crippen LogP contribution is 2.11. The number of carbonyl (C=O) groups excluding carboxylic acids is 1. The highest BCUT2D eigenvalue weighted by atomic mass is 32.2. The molecule has 1 aromatic carbocycles. The van der Waals surface area contributed by atoms with Gasteiger partial charge in [-0.1, -0.05) is 18.2 Å². The molecule has 0 saturated carbocycles. The Kier molecular flexibility index (Phi) is 5.35. The van der Waals surface area contributed by atoms with Gasteiger partial charge in [0.25, 0.3) is 5.91 Å². The van der Waals surface area contributed by atoms with Crippen molar-refractivity contribution in [3.63, 3.8) is 0 Å². The van der Waals surface area contributed by atoms with E-state index in [4.69, 9.17) is 5.11 Å². The summed E-state index contributed by atoms with van der Waals surface area (Å²) in [5.74, 6) is -0.0967. The zero-order chi connectivity index (χ0) is 12.0. The Labute approximate surface area is 100 Å². The van der Waals surface area contributed by atoms with Crippen molar-refractivity contribution in [2.45, 2.75) is 18.2 Å². The second-order valence-corrected chi connectivity index (χ2v) is 4.66. The maximum absolute atomic E-state index is 11.8. The molecule has 0 aliphatic carbocycles. The fourth-order valence-electron chi connectivity index (χ4n) is 1.41. The molecule has 2 atom stereocenters. The lowest BCUT2D eigenvalue weighted by Gasteiger charge is -2.21. The van der Waals surface area contributed by atoms with Crippen LogP contribution in [0.15, 0.2) is 30.3 Å². The number of hydrogen-bond donors (Lipinski definition) is 2. The number of hydrogen-bond acceptors (Lipinski definition) is 3. The van der Waals surface area contributed by atoms with Crippen LogP contribution in [0.2, 0.25) is 0 Å². The van der Waals surface area contributed by atoms with E-state index in [0.717, 1.165) is 0 Å². The molecule has 88 valence electrons. The maximum atomic E-state index is 11.8. The van der Waals surface area contributed by atoms with Crippen molar-refractivity contribution < 1.29 is 9.90 Å². The van der Waals surface area contributed by atoms with Gasteiger partial charge in [-0.15, -0.1) is 0 Å². The predicted molar refractivity (Wildman–Crippen MR) is 67.8 cm³/mol. The van der Waals surface area contributed by atoms with Crippen LogP contribution in [-0.2, 0) is 0 Å². The van der Waals surface area contributed by atoms with Gasteiger partial charge in [0.05, 0.1) is 6.61 Å². The van der Waals surface area contributed by atoms with Gasteiger partial charge in [-0.25, -0.2) is 0 Å². The van der Waals surface area contributed by atoms with Crippen LogP contribution in [0.25, 0.3) is 0 Å². The van der Waals surface area contributed by atoms with Crippen LogP contribution >= 0.6 is 11.8 Å². The molecule has 0 fully saturated rings. The third-order valence-corrected chi connectivity index (χ3v) is 3.60. The van der Waals surface area contributed by atoms with Crippen molar-refractivity contribution >= 4 is 17.7 Å². The second kappa shape index (κ2) is 6.55. The van der Waals surface area contributed by atoms with Gasteiger partial charge in [0.1, 0.15) is 0 Å². The summed E-state index contributed by atoms with van der Waals surface area (Å²) in [5, 5.41) is 12.0. The van der Waals surface area contributed by atoms with Gasteiger partial charge >= 0.3 is 0 Å². The first-order chi connectivity index (χ1) is 7.69. The molecule has 4 heteroatoms. The van der Waals surface area contributed by atoms with Crippen LogP contribution in [-0.4, -0.2) is 35.2 Å². The van der Waals surface area contributed by atoms with Gasteiger partial charge < -0.3 is 10.4 Å². The monoisotopic (exact) mass is 239 g/mol. The van der Waals surface area contributed by atoms with Crippen molar-refractivity contribution in [3.05, 3.63) is 35.9 Å². The Morgan fingerprint density at radius 3 is 2.56 bits per heavy atom. The summed E-state index contributed by atoms with van der Waals surface area (Å²) in [4.78, 5) is 11.8. The molecular formula is C12H17NO2S. The lowest BCUT2D eigenvalue weighted by Crippen LogP contribution is -2.41. The number of aliphatic hydroxyl groups excluding tert-OH is 1. The SMILES string of the molecule is CSC(CO)C(C)NC(=O)c1ccccc1. The molecule has 0 spiro atoms. The molecule has 0 aliphatic rings. The smallest absolute Gasteiger partial charge is 0.251 e. The number of thioether (sulfide) groups is 1. The first kappa shape index (κ1) is 13.1. The number of rotatable bonds is 5. The fourth-order valence-corrected chi connectivity index (χ4v) is 2.03. The fraction of sp³-hybridized carbons (Fsp3) is 0.417. The van der Waals surface area contributed by atoms with Crippen LogP contribution in [0.1, 0.15) is 17.3 Å². The van der Waals surface area contributed by atoms with Gasteiger partial charge in [-0.3, -0.25) is 4.79 Å². The second-order valence-electron chi connectivity index (χ2n) is 3.58. The summed E-state index contributed by atoms with van der Waals surface area (Å²) in [7, 11) is 0. The third-order valence-electron chi connectivity index (χ3n) is 2.44. The average Bonchev–Trinajstić information content (AvgIpc) is 2.31. The van der Waals surface area contributed by atoms with Crippen molar-refractivity contribution in [1.82, 2.24) is 5.32 Å². The lowest BCUT2D eigenvalue weighted by atomic mass is 10.2. The Balaban J connectivity index is 2.58. The largest absolute Gasteiger partial charge is 0.395 e. The van der Waals surface area contributed by atoms with Gasteiger partial charge in [-0.05, 0) is 25.3 Å². The van der Waals surface area contributed by atoms with Gasteiger partial charge in [0.15, 0.2) is 0 Å². The molecule has 3 nitrogen and oxygen atoms in total. The Morgan fingerprint density at radius 1 is 1.44 bits per heavy atom. The number of carbonyl (C=O) groups is 1. The zero-order valence-corrected chi connectivity index (χ0v) is 10.3. The van der Waals surface area contributed by atoms with E-state index in [2.05, 4.69) is 5.32 Å². The van der Waals surface area contributed by atoms with E-state index in [9.17, 15) is 4.79 Å². The molecule has 2 N–H and O–H groups in total. The molecule has 0 aromatic heterocycles. The van der Waals surface area contributed by atoms with Crippen molar-refractivity contribution in [3.8, 4) is 0 Å². The molecule has 1 rings (SSSR count). The molecule has 1 aromatic rings. The topological polar surface area (TPSA) is 49.3 Å². The summed E-state index contributed by atoms with van der Waals surface area (Å²) < 4.78 is 0. The standard InChI is InChI=1S/C12H17NO2S/c1-9(11(8-14)16-2)13-12(15)10-6-4-3-5-7-10/h3-7,9,11,14H,8H2,1-2H3,(H,13,15). The Morgan fingerprint density at radius 2 is 2.06 bits per heavy atom. The van der Waals surface area contributed by atoms with Crippen LogP contribution in [0.5, 0.6) is 0 Å². The van der Waals surface area contributed by atoms with E-state index in [1.165, 1.54) is 0 Å². The summed E-state index contributed by atoms with van der Waals surface area (Å²) in [6, 6.07) is 9.03. The van der Waals surface area contributed by atoms with Crippen LogP contribution in [0.4, 0.5) is 0 Å². The summed E-state index contributed by atoms with van der Waals surface area (Å²) in [5.41, 5.74) is 0.646. The highest BCUT2D eigenvalue weighted by Gasteiger charge is 2.17. The maximum Gasteiger partial charge on any atom is 0.251 e. The van der Waals surface area contributed by atoms with E-state index in [-0.39, 0.29) is 23.8 Å². The van der Waals surface area contributed by atoms with E-state index in [1.807, 2.05) is 31.4 Å². The molecule has 0 saturated heterocycles. The third kappa shape index (κ3) is 3.54. The van der Waals surface area contributed by atoms with E-state index < -0.39 is 0 Å². The number of amides is 1.